The molecule has 1 aromatic carbocycles. The smallest absolute Gasteiger partial charge is 0.333 e. The summed E-state index contributed by atoms with van der Waals surface area (Å²) in [7, 11) is 1.52. The molecule has 36 heavy (non-hydrogen) atoms. The number of pyridine rings is 1. The second-order valence-electron chi connectivity index (χ2n) is 8.68. The van der Waals surface area contributed by atoms with Gasteiger partial charge in [-0.25, -0.2) is 15.0 Å². The highest BCUT2D eigenvalue weighted by molar-refractivity contribution is 7.16. The number of hydrogen-bond acceptors (Lipinski definition) is 6. The lowest BCUT2D eigenvalue weighted by atomic mass is 10.0. The predicted molar refractivity (Wildman–Crippen MR) is 132 cm³/mol. The van der Waals surface area contributed by atoms with Crippen LogP contribution in [0.5, 0.6) is 0 Å². The summed E-state index contributed by atoms with van der Waals surface area (Å²) >= 11 is 1.07. The minimum atomic E-state index is -4.51. The molecule has 7 nitrogen and oxygen atoms in total. The van der Waals surface area contributed by atoms with E-state index in [9.17, 15) is 18.0 Å². The number of halogens is 3. The first kappa shape index (κ1) is 23.9. The van der Waals surface area contributed by atoms with Crippen molar-refractivity contribution in [3.63, 3.8) is 0 Å². The van der Waals surface area contributed by atoms with Crippen molar-refractivity contribution in [2.75, 3.05) is 0 Å². The highest BCUT2D eigenvalue weighted by Gasteiger charge is 2.34. The minimum absolute atomic E-state index is 0.172. The Hall–Kier alpha value is -3.86. The summed E-state index contributed by atoms with van der Waals surface area (Å²) in [4.78, 5) is 30.0. The van der Waals surface area contributed by atoms with Gasteiger partial charge in [0.2, 0.25) is 0 Å². The quantitative estimate of drug-likeness (QED) is 0.312. The van der Waals surface area contributed by atoms with Gasteiger partial charge in [0, 0.05) is 30.6 Å². The summed E-state index contributed by atoms with van der Waals surface area (Å²) in [6, 6.07) is 10.7. The highest BCUT2D eigenvalue weighted by atomic mass is 32.1. The molecule has 0 amide bonds. The molecular formula is C25H21F3N6OS. The topological polar surface area (TPSA) is 78.5 Å². The fourth-order valence-corrected chi connectivity index (χ4v) is 4.81. The number of rotatable bonds is 5. The molecule has 0 saturated carbocycles. The van der Waals surface area contributed by atoms with E-state index < -0.39 is 11.9 Å². The molecule has 0 unspecified atom stereocenters. The van der Waals surface area contributed by atoms with Crippen LogP contribution in [-0.2, 0) is 19.8 Å². The van der Waals surface area contributed by atoms with Gasteiger partial charge in [0.1, 0.15) is 5.82 Å². The van der Waals surface area contributed by atoms with E-state index in [-0.39, 0.29) is 23.2 Å². The van der Waals surface area contributed by atoms with Crippen LogP contribution in [0.15, 0.2) is 59.8 Å². The second-order valence-corrected chi connectivity index (χ2v) is 9.68. The third-order valence-electron chi connectivity index (χ3n) is 5.76. The molecule has 0 N–H and O–H groups in total. The zero-order valence-electron chi connectivity index (χ0n) is 19.6. The second kappa shape index (κ2) is 8.98. The molecule has 0 fully saturated rings. The molecular weight excluding hydrogens is 489 g/mol. The molecule has 4 heterocycles. The minimum Gasteiger partial charge on any atom is -0.333 e. The number of fused-ring (bicyclic) bond motifs is 1. The van der Waals surface area contributed by atoms with Crippen molar-refractivity contribution in [1.82, 2.24) is 29.1 Å². The molecule has 5 rings (SSSR count). The summed E-state index contributed by atoms with van der Waals surface area (Å²) in [6.45, 7) is 4.35. The fraction of sp³-hybridized carbons (Fsp3) is 0.240. The van der Waals surface area contributed by atoms with Gasteiger partial charge in [0.15, 0.2) is 17.2 Å². The lowest BCUT2D eigenvalue weighted by Gasteiger charge is -2.10. The van der Waals surface area contributed by atoms with Crippen molar-refractivity contribution in [3.05, 3.63) is 81.6 Å². The van der Waals surface area contributed by atoms with Gasteiger partial charge in [0.25, 0.3) is 0 Å². The lowest BCUT2D eigenvalue weighted by molar-refractivity contribution is -0.140. The van der Waals surface area contributed by atoms with Crippen LogP contribution < -0.4 is 4.87 Å². The van der Waals surface area contributed by atoms with Crippen molar-refractivity contribution < 1.29 is 13.2 Å². The van der Waals surface area contributed by atoms with Gasteiger partial charge in [-0.2, -0.15) is 13.2 Å². The fourth-order valence-electron chi connectivity index (χ4n) is 4.01. The average Bonchev–Trinajstić information content (AvgIpc) is 3.39. The number of benzene rings is 1. The summed E-state index contributed by atoms with van der Waals surface area (Å²) in [5, 5.41) is 0. The number of nitrogens with zero attached hydrogens (tertiary/aromatic N) is 6. The van der Waals surface area contributed by atoms with Gasteiger partial charge >= 0.3 is 11.0 Å². The first-order valence-electron chi connectivity index (χ1n) is 11.1. The van der Waals surface area contributed by atoms with Crippen molar-refractivity contribution >= 4 is 21.7 Å². The van der Waals surface area contributed by atoms with Gasteiger partial charge in [-0.05, 0) is 23.6 Å². The maximum absolute atomic E-state index is 13.0. The Labute approximate surface area is 207 Å². The summed E-state index contributed by atoms with van der Waals surface area (Å²) in [5.74, 6) is 0.882. The van der Waals surface area contributed by atoms with E-state index in [1.807, 2.05) is 26.0 Å². The van der Waals surface area contributed by atoms with Gasteiger partial charge in [-0.3, -0.25) is 14.3 Å². The largest absolute Gasteiger partial charge is 0.434 e. The number of aromatic nitrogens is 6. The van der Waals surface area contributed by atoms with E-state index in [0.717, 1.165) is 34.4 Å². The number of hydrogen-bond donors (Lipinski definition) is 0. The molecule has 0 radical (unpaired) electrons. The summed E-state index contributed by atoms with van der Waals surface area (Å²) in [5.41, 5.74) is 2.62. The maximum atomic E-state index is 13.0. The molecule has 4 aromatic heterocycles. The van der Waals surface area contributed by atoms with Crippen LogP contribution in [0.1, 0.15) is 36.7 Å². The van der Waals surface area contributed by atoms with E-state index in [0.29, 0.717) is 21.7 Å². The summed E-state index contributed by atoms with van der Waals surface area (Å²) < 4.78 is 42.6. The zero-order valence-corrected chi connectivity index (χ0v) is 20.4. The van der Waals surface area contributed by atoms with Crippen molar-refractivity contribution in [3.8, 4) is 22.8 Å². The maximum Gasteiger partial charge on any atom is 0.434 e. The Bertz CT molecular complexity index is 1620. The van der Waals surface area contributed by atoms with Crippen molar-refractivity contribution in [2.24, 2.45) is 7.05 Å². The number of imidazole rings is 1. The first-order valence-corrected chi connectivity index (χ1v) is 11.9. The van der Waals surface area contributed by atoms with E-state index in [4.69, 9.17) is 4.98 Å². The van der Waals surface area contributed by atoms with Gasteiger partial charge < -0.3 is 4.57 Å². The SMILES string of the molecule is CC(C)c1ncccc1-c1ncc2sc(=O)n(Cc3ccc(-c4nc(C(F)(F)F)cn4C)cc3)c2n1. The van der Waals surface area contributed by atoms with Crippen molar-refractivity contribution in [1.29, 1.82) is 0 Å². The van der Waals surface area contributed by atoms with E-state index in [1.165, 1.54) is 11.6 Å². The third-order valence-corrected chi connectivity index (χ3v) is 6.66. The molecule has 0 aliphatic carbocycles. The molecule has 0 spiro atoms. The first-order chi connectivity index (χ1) is 17.1. The molecule has 184 valence electrons. The number of thiazole rings is 1. The van der Waals surface area contributed by atoms with Gasteiger partial charge in [-0.1, -0.05) is 49.4 Å². The Morgan fingerprint density at radius 3 is 2.47 bits per heavy atom. The molecule has 0 aliphatic heterocycles. The Morgan fingerprint density at radius 1 is 1.06 bits per heavy atom. The van der Waals surface area contributed by atoms with Crippen LogP contribution in [0.25, 0.3) is 33.1 Å². The Kier molecular flexibility index (Phi) is 5.95. The molecule has 0 bridgehead atoms. The van der Waals surface area contributed by atoms with Crippen LogP contribution in [-0.4, -0.2) is 29.1 Å². The number of alkyl halides is 3. The lowest BCUT2D eigenvalue weighted by Crippen LogP contribution is -2.14. The normalized spacial score (nSPS) is 12.1. The van der Waals surface area contributed by atoms with E-state index in [2.05, 4.69) is 15.0 Å². The Morgan fingerprint density at radius 2 is 1.81 bits per heavy atom. The molecule has 5 aromatic rings. The molecule has 11 heteroatoms. The highest BCUT2D eigenvalue weighted by Crippen LogP contribution is 2.31. The number of aryl methyl sites for hydroxylation is 1. The molecule has 0 saturated heterocycles. The van der Waals surface area contributed by atoms with Crippen LogP contribution in [0, 0.1) is 0 Å². The van der Waals surface area contributed by atoms with Crippen LogP contribution in [0.4, 0.5) is 13.2 Å². The van der Waals surface area contributed by atoms with Crippen LogP contribution in [0.2, 0.25) is 0 Å². The summed E-state index contributed by atoms with van der Waals surface area (Å²) in [6.07, 6.45) is -0.162. The average molecular weight is 511 g/mol. The van der Waals surface area contributed by atoms with Gasteiger partial charge in [0.05, 0.1) is 23.1 Å². The predicted octanol–water partition coefficient (Wildman–Crippen LogP) is 5.51. The Balaban J connectivity index is 1.48. The van der Waals surface area contributed by atoms with E-state index in [1.54, 1.807) is 41.2 Å². The monoisotopic (exact) mass is 510 g/mol. The molecule has 0 aliphatic rings. The van der Waals surface area contributed by atoms with Gasteiger partial charge in [-0.15, -0.1) is 0 Å². The standard InChI is InChI=1S/C25H21F3N6OS/c1-14(2)20-17(5-4-10-29-20)21-30-11-18-23(32-21)34(24(35)36-18)12-15-6-8-16(9-7-15)22-31-19(13-33(22)3)25(26,27)28/h4-11,13-14H,12H2,1-3H3. The third kappa shape index (κ3) is 4.41. The zero-order chi connectivity index (χ0) is 25.6. The van der Waals surface area contributed by atoms with Crippen LogP contribution in [0.3, 0.4) is 0 Å². The van der Waals surface area contributed by atoms with Crippen molar-refractivity contribution in [2.45, 2.75) is 32.5 Å². The molecule has 0 atom stereocenters. The van der Waals surface area contributed by atoms with Crippen LogP contribution >= 0.6 is 11.3 Å². The van der Waals surface area contributed by atoms with E-state index >= 15 is 0 Å².